The molecule has 1 aromatic carbocycles. The van der Waals surface area contributed by atoms with Crippen molar-refractivity contribution in [3.63, 3.8) is 0 Å². The van der Waals surface area contributed by atoms with E-state index in [2.05, 4.69) is 26.8 Å². The van der Waals surface area contributed by atoms with E-state index in [1.165, 1.54) is 16.7 Å². The third kappa shape index (κ3) is 2.52. The maximum absolute atomic E-state index is 5.13. The largest absolute Gasteiger partial charge is 1.00 e. The van der Waals surface area contributed by atoms with E-state index < -0.39 is 0 Å². The van der Waals surface area contributed by atoms with Crippen molar-refractivity contribution in [1.82, 2.24) is 0 Å². The SMILES string of the molecule is Cc1cc(C)c(C)c([S-])c1.[Li+]. The van der Waals surface area contributed by atoms with Crippen molar-refractivity contribution < 1.29 is 18.9 Å². The van der Waals surface area contributed by atoms with Crippen molar-refractivity contribution in [3.8, 4) is 0 Å². The van der Waals surface area contributed by atoms with E-state index in [0.717, 1.165) is 4.90 Å². The van der Waals surface area contributed by atoms with Gasteiger partial charge >= 0.3 is 18.9 Å². The minimum atomic E-state index is 0. The molecule has 0 aromatic heterocycles. The predicted octanol–water partition coefficient (Wildman–Crippen LogP) is -0.478. The standard InChI is InChI=1S/C9H12S.Li/c1-6-4-7(2)8(3)9(10)5-6;/h4-5,10H,1-3H3;/q;+1/p-1. The fourth-order valence-electron chi connectivity index (χ4n) is 1.00. The number of rotatable bonds is 0. The van der Waals surface area contributed by atoms with Crippen LogP contribution >= 0.6 is 0 Å². The molecule has 0 bridgehead atoms. The van der Waals surface area contributed by atoms with Crippen LogP contribution < -0.4 is 18.9 Å². The normalized spacial score (nSPS) is 9.00. The molecule has 0 aliphatic heterocycles. The molecule has 0 heterocycles. The first-order valence-electron chi connectivity index (χ1n) is 3.36. The van der Waals surface area contributed by atoms with Crippen LogP contribution in [0.5, 0.6) is 0 Å². The smallest absolute Gasteiger partial charge is 0.779 e. The average molecular weight is 158 g/mol. The molecule has 11 heavy (non-hydrogen) atoms. The van der Waals surface area contributed by atoms with Gasteiger partial charge in [0.15, 0.2) is 0 Å². The van der Waals surface area contributed by atoms with E-state index in [4.69, 9.17) is 12.6 Å². The molecule has 2 heteroatoms. The molecule has 54 valence electrons. The van der Waals surface area contributed by atoms with Gasteiger partial charge < -0.3 is 12.6 Å². The Balaban J connectivity index is 0.000001000. The summed E-state index contributed by atoms with van der Waals surface area (Å²) < 4.78 is 0. The number of hydrogen-bond donors (Lipinski definition) is 0. The minimum Gasteiger partial charge on any atom is -0.779 e. The van der Waals surface area contributed by atoms with Crippen molar-refractivity contribution in [2.75, 3.05) is 0 Å². The molecule has 0 nitrogen and oxygen atoms in total. The van der Waals surface area contributed by atoms with Gasteiger partial charge in [-0.25, -0.2) is 0 Å². The molecule has 0 spiro atoms. The maximum atomic E-state index is 5.13. The molecule has 0 unspecified atom stereocenters. The van der Waals surface area contributed by atoms with Crippen LogP contribution in [0.15, 0.2) is 17.0 Å². The summed E-state index contributed by atoms with van der Waals surface area (Å²) in [5.41, 5.74) is 3.79. The second-order valence-electron chi connectivity index (χ2n) is 2.70. The zero-order chi connectivity index (χ0) is 7.72. The van der Waals surface area contributed by atoms with Gasteiger partial charge in [-0.2, -0.15) is 4.90 Å². The first-order chi connectivity index (χ1) is 4.61. The first-order valence-corrected chi connectivity index (χ1v) is 3.77. The molecule has 0 amide bonds. The van der Waals surface area contributed by atoms with Crippen molar-refractivity contribution in [3.05, 3.63) is 28.8 Å². The van der Waals surface area contributed by atoms with Crippen molar-refractivity contribution in [1.29, 1.82) is 0 Å². The zero-order valence-corrected chi connectivity index (χ0v) is 8.38. The Morgan fingerprint density at radius 2 is 1.64 bits per heavy atom. The summed E-state index contributed by atoms with van der Waals surface area (Å²) in [6, 6.07) is 4.20. The third-order valence-corrected chi connectivity index (χ3v) is 2.19. The maximum Gasteiger partial charge on any atom is 1.00 e. The first kappa shape index (κ1) is 11.0. The Kier molecular flexibility index (Phi) is 4.17. The van der Waals surface area contributed by atoms with Crippen LogP contribution in [0.4, 0.5) is 0 Å². The summed E-state index contributed by atoms with van der Waals surface area (Å²) in [6.07, 6.45) is 0. The molecule has 0 radical (unpaired) electrons. The van der Waals surface area contributed by atoms with Gasteiger partial charge in [0.1, 0.15) is 0 Å². The van der Waals surface area contributed by atoms with Gasteiger partial charge in [0, 0.05) is 0 Å². The molecule has 0 saturated carbocycles. The van der Waals surface area contributed by atoms with Crippen LogP contribution in [0.1, 0.15) is 16.7 Å². The van der Waals surface area contributed by atoms with E-state index in [-0.39, 0.29) is 18.9 Å². The van der Waals surface area contributed by atoms with Crippen molar-refractivity contribution in [2.45, 2.75) is 25.7 Å². The molecule has 0 N–H and O–H groups in total. The van der Waals surface area contributed by atoms with Crippen LogP contribution in [0, 0.1) is 20.8 Å². The molecule has 0 aliphatic rings. The quantitative estimate of drug-likeness (QED) is 0.363. The van der Waals surface area contributed by atoms with Crippen molar-refractivity contribution >= 4 is 12.6 Å². The Morgan fingerprint density at radius 3 is 2.09 bits per heavy atom. The Hall–Kier alpha value is 0.0374. The van der Waals surface area contributed by atoms with Gasteiger partial charge in [-0.15, -0.1) is 0 Å². The number of aryl methyl sites for hydroxylation is 2. The summed E-state index contributed by atoms with van der Waals surface area (Å²) in [4.78, 5) is 0.984. The fourth-order valence-corrected chi connectivity index (χ4v) is 1.35. The Bertz CT molecular complexity index is 233. The van der Waals surface area contributed by atoms with Gasteiger partial charge in [0.25, 0.3) is 0 Å². The minimum absolute atomic E-state index is 0. The number of hydrogen-bond acceptors (Lipinski definition) is 1. The molecule has 0 atom stereocenters. The van der Waals surface area contributed by atoms with Gasteiger partial charge in [0.05, 0.1) is 0 Å². The molecule has 1 aromatic rings. The second kappa shape index (κ2) is 4.16. The summed E-state index contributed by atoms with van der Waals surface area (Å²) in [7, 11) is 0. The summed E-state index contributed by atoms with van der Waals surface area (Å²) in [6.45, 7) is 6.23. The van der Waals surface area contributed by atoms with E-state index in [0.29, 0.717) is 0 Å². The molecular formula is C9H11LiS. The zero-order valence-electron chi connectivity index (χ0n) is 7.56. The average Bonchev–Trinajstić information content (AvgIpc) is 1.82. The number of benzene rings is 1. The summed E-state index contributed by atoms with van der Waals surface area (Å²) in [5.74, 6) is 0. The second-order valence-corrected chi connectivity index (χ2v) is 3.14. The summed E-state index contributed by atoms with van der Waals surface area (Å²) in [5, 5.41) is 0. The Labute approximate surface area is 86.0 Å². The monoisotopic (exact) mass is 158 g/mol. The van der Waals surface area contributed by atoms with Crippen molar-refractivity contribution in [2.24, 2.45) is 0 Å². The molecule has 1 rings (SSSR count). The van der Waals surface area contributed by atoms with Gasteiger partial charge in [-0.3, -0.25) is 0 Å². The fraction of sp³-hybridized carbons (Fsp3) is 0.333. The van der Waals surface area contributed by atoms with Crippen LogP contribution in [0.25, 0.3) is 0 Å². The molecule has 0 fully saturated rings. The van der Waals surface area contributed by atoms with Gasteiger partial charge in [-0.1, -0.05) is 23.3 Å². The van der Waals surface area contributed by atoms with E-state index in [9.17, 15) is 0 Å². The van der Waals surface area contributed by atoms with E-state index in [1.807, 2.05) is 6.07 Å². The molecule has 0 saturated heterocycles. The van der Waals surface area contributed by atoms with E-state index >= 15 is 0 Å². The van der Waals surface area contributed by atoms with Crippen LogP contribution in [0.3, 0.4) is 0 Å². The van der Waals surface area contributed by atoms with Gasteiger partial charge in [0.2, 0.25) is 0 Å². The summed E-state index contributed by atoms with van der Waals surface area (Å²) >= 11 is 5.13. The van der Waals surface area contributed by atoms with E-state index in [1.54, 1.807) is 0 Å². The van der Waals surface area contributed by atoms with Crippen LogP contribution in [-0.4, -0.2) is 0 Å². The third-order valence-electron chi connectivity index (χ3n) is 1.76. The topological polar surface area (TPSA) is 0 Å². The molecular weight excluding hydrogens is 147 g/mol. The predicted molar refractivity (Wildman–Crippen MR) is 46.3 cm³/mol. The van der Waals surface area contributed by atoms with Crippen LogP contribution in [-0.2, 0) is 12.6 Å². The molecule has 0 aliphatic carbocycles. The van der Waals surface area contributed by atoms with Crippen LogP contribution in [0.2, 0.25) is 0 Å². The Morgan fingerprint density at radius 1 is 1.09 bits per heavy atom. The van der Waals surface area contributed by atoms with Gasteiger partial charge in [-0.05, 0) is 26.3 Å².